The van der Waals surface area contributed by atoms with Crippen molar-refractivity contribution in [2.45, 2.75) is 32.0 Å². The SMILES string of the molecule is COc1cc2c(cc1OCc1cccc(F)c1)CCN1Cc3[nH]c4ccccc4c3CC21. The van der Waals surface area contributed by atoms with E-state index in [9.17, 15) is 4.39 Å². The predicted octanol–water partition coefficient (Wildman–Crippen LogP) is 5.55. The molecule has 3 aromatic carbocycles. The van der Waals surface area contributed by atoms with Crippen molar-refractivity contribution in [2.75, 3.05) is 13.7 Å². The van der Waals surface area contributed by atoms with Gasteiger partial charge in [0.1, 0.15) is 12.4 Å². The number of benzene rings is 3. The molecule has 1 atom stereocenters. The number of rotatable bonds is 4. The lowest BCUT2D eigenvalue weighted by Crippen LogP contribution is -2.39. The highest BCUT2D eigenvalue weighted by Crippen LogP contribution is 2.43. The highest BCUT2D eigenvalue weighted by atomic mass is 19.1. The summed E-state index contributed by atoms with van der Waals surface area (Å²) in [5.41, 5.74) is 7.42. The van der Waals surface area contributed by atoms with Crippen LogP contribution in [0.4, 0.5) is 4.39 Å². The van der Waals surface area contributed by atoms with E-state index in [4.69, 9.17) is 9.47 Å². The number of para-hydroxylation sites is 1. The number of methoxy groups -OCH3 is 1. The van der Waals surface area contributed by atoms with Gasteiger partial charge < -0.3 is 14.5 Å². The molecule has 4 nitrogen and oxygen atoms in total. The van der Waals surface area contributed by atoms with Crippen molar-refractivity contribution < 1.29 is 13.9 Å². The van der Waals surface area contributed by atoms with Gasteiger partial charge in [-0.1, -0.05) is 30.3 Å². The van der Waals surface area contributed by atoms with Crippen LogP contribution in [0.5, 0.6) is 11.5 Å². The molecule has 6 rings (SSSR count). The Hall–Kier alpha value is -3.31. The second-order valence-corrected chi connectivity index (χ2v) is 8.69. The first-order valence-corrected chi connectivity index (χ1v) is 11.1. The molecule has 4 aromatic rings. The Kier molecular flexibility index (Phi) is 4.65. The number of nitrogens with zero attached hydrogens (tertiary/aromatic N) is 1. The molecular formula is C27H25FN2O2. The van der Waals surface area contributed by atoms with Crippen LogP contribution in [0.25, 0.3) is 10.9 Å². The third kappa shape index (κ3) is 3.24. The van der Waals surface area contributed by atoms with Crippen LogP contribution < -0.4 is 9.47 Å². The van der Waals surface area contributed by atoms with Gasteiger partial charge in [-0.15, -0.1) is 0 Å². The molecule has 0 saturated heterocycles. The van der Waals surface area contributed by atoms with Gasteiger partial charge in [0.2, 0.25) is 0 Å². The number of hydrogen-bond donors (Lipinski definition) is 1. The number of halogens is 1. The summed E-state index contributed by atoms with van der Waals surface area (Å²) in [6.07, 6.45) is 1.96. The topological polar surface area (TPSA) is 37.5 Å². The molecule has 1 N–H and O–H groups in total. The maximum absolute atomic E-state index is 13.5. The van der Waals surface area contributed by atoms with Gasteiger partial charge in [-0.2, -0.15) is 0 Å². The quantitative estimate of drug-likeness (QED) is 0.463. The van der Waals surface area contributed by atoms with Gasteiger partial charge in [0.05, 0.1) is 7.11 Å². The van der Waals surface area contributed by atoms with Gasteiger partial charge in [0.15, 0.2) is 11.5 Å². The molecule has 1 aromatic heterocycles. The second-order valence-electron chi connectivity index (χ2n) is 8.69. The van der Waals surface area contributed by atoms with Gasteiger partial charge >= 0.3 is 0 Å². The maximum Gasteiger partial charge on any atom is 0.161 e. The summed E-state index contributed by atoms with van der Waals surface area (Å²) in [7, 11) is 1.68. The molecule has 0 radical (unpaired) electrons. The van der Waals surface area contributed by atoms with Gasteiger partial charge in [0, 0.05) is 35.7 Å². The first kappa shape index (κ1) is 19.4. The summed E-state index contributed by atoms with van der Waals surface area (Å²) in [6, 6.07) is 19.7. The summed E-state index contributed by atoms with van der Waals surface area (Å²) in [5.74, 6) is 1.19. The zero-order chi connectivity index (χ0) is 21.7. The average Bonchev–Trinajstić information content (AvgIpc) is 3.18. The normalized spacial score (nSPS) is 17.5. The summed E-state index contributed by atoms with van der Waals surface area (Å²) in [4.78, 5) is 6.19. The van der Waals surface area contributed by atoms with E-state index in [1.807, 2.05) is 6.07 Å². The molecule has 0 bridgehead atoms. The zero-order valence-electron chi connectivity index (χ0n) is 18.0. The minimum Gasteiger partial charge on any atom is -0.493 e. The Labute approximate surface area is 186 Å². The van der Waals surface area contributed by atoms with Crippen LogP contribution in [0, 0.1) is 5.82 Å². The van der Waals surface area contributed by atoms with E-state index >= 15 is 0 Å². The van der Waals surface area contributed by atoms with E-state index < -0.39 is 0 Å². The standard InChI is InChI=1S/C27H25FN2O2/c1-31-26-14-21-18(12-27(26)32-16-17-5-4-6-19(28)11-17)9-10-30-15-24-22(13-25(21)30)20-7-2-3-8-23(20)29-24/h2-8,11-12,14,25,29H,9-10,13,15-16H2,1H3. The third-order valence-electron chi connectivity index (χ3n) is 6.84. The van der Waals surface area contributed by atoms with Crippen LogP contribution in [0.15, 0.2) is 60.7 Å². The van der Waals surface area contributed by atoms with E-state index in [1.54, 1.807) is 13.2 Å². The van der Waals surface area contributed by atoms with Gasteiger partial charge in [-0.05, 0) is 65.4 Å². The fraction of sp³-hybridized carbons (Fsp3) is 0.259. The molecule has 162 valence electrons. The highest BCUT2D eigenvalue weighted by molar-refractivity contribution is 5.85. The molecule has 5 heteroatoms. The molecule has 32 heavy (non-hydrogen) atoms. The number of H-pyrrole nitrogens is 1. The van der Waals surface area contributed by atoms with E-state index in [2.05, 4.69) is 46.3 Å². The Morgan fingerprint density at radius 1 is 1.06 bits per heavy atom. The number of nitrogens with one attached hydrogen (secondary N) is 1. The first-order chi connectivity index (χ1) is 15.7. The number of hydrogen-bond acceptors (Lipinski definition) is 3. The van der Waals surface area contributed by atoms with E-state index in [1.165, 1.54) is 45.4 Å². The number of ether oxygens (including phenoxy) is 2. The average molecular weight is 429 g/mol. The lowest BCUT2D eigenvalue weighted by molar-refractivity contribution is 0.158. The smallest absolute Gasteiger partial charge is 0.161 e. The molecule has 2 aliphatic heterocycles. The molecular weight excluding hydrogens is 403 g/mol. The molecule has 0 aliphatic carbocycles. The summed E-state index contributed by atoms with van der Waals surface area (Å²) >= 11 is 0. The maximum atomic E-state index is 13.5. The first-order valence-electron chi connectivity index (χ1n) is 11.1. The molecule has 3 heterocycles. The highest BCUT2D eigenvalue weighted by Gasteiger charge is 2.34. The fourth-order valence-corrected chi connectivity index (χ4v) is 5.27. The van der Waals surface area contributed by atoms with Crippen molar-refractivity contribution in [1.29, 1.82) is 0 Å². The predicted molar refractivity (Wildman–Crippen MR) is 123 cm³/mol. The van der Waals surface area contributed by atoms with E-state index in [0.717, 1.165) is 37.2 Å². The van der Waals surface area contributed by atoms with E-state index in [0.29, 0.717) is 18.4 Å². The molecule has 0 fully saturated rings. The molecule has 2 aliphatic rings. The number of aromatic nitrogens is 1. The van der Waals surface area contributed by atoms with Crippen molar-refractivity contribution in [2.24, 2.45) is 0 Å². The molecule has 0 spiro atoms. The number of fused-ring (bicyclic) bond motifs is 6. The summed E-state index contributed by atoms with van der Waals surface area (Å²) in [6.45, 7) is 2.26. The molecule has 1 unspecified atom stereocenters. The lowest BCUT2D eigenvalue weighted by Gasteiger charge is -2.40. The van der Waals surface area contributed by atoms with Crippen molar-refractivity contribution >= 4 is 10.9 Å². The Balaban J connectivity index is 1.32. The minimum absolute atomic E-state index is 0.252. The van der Waals surface area contributed by atoms with Crippen LogP contribution in [-0.4, -0.2) is 23.5 Å². The number of aromatic amines is 1. The Morgan fingerprint density at radius 3 is 2.84 bits per heavy atom. The third-order valence-corrected chi connectivity index (χ3v) is 6.84. The van der Waals surface area contributed by atoms with E-state index in [-0.39, 0.29) is 5.82 Å². The van der Waals surface area contributed by atoms with Crippen LogP contribution in [0.1, 0.15) is 34.0 Å². The van der Waals surface area contributed by atoms with Crippen LogP contribution in [0.2, 0.25) is 0 Å². The fourth-order valence-electron chi connectivity index (χ4n) is 5.27. The van der Waals surface area contributed by atoms with Crippen molar-refractivity contribution in [3.05, 3.63) is 94.4 Å². The van der Waals surface area contributed by atoms with Crippen LogP contribution >= 0.6 is 0 Å². The summed E-state index contributed by atoms with van der Waals surface area (Å²) in [5, 5.41) is 1.33. The van der Waals surface area contributed by atoms with Crippen LogP contribution in [-0.2, 0) is 26.0 Å². The zero-order valence-corrected chi connectivity index (χ0v) is 18.0. The molecule has 0 saturated carbocycles. The van der Waals surface area contributed by atoms with Crippen molar-refractivity contribution in [3.63, 3.8) is 0 Å². The van der Waals surface area contributed by atoms with Gasteiger partial charge in [0.25, 0.3) is 0 Å². The summed E-state index contributed by atoms with van der Waals surface area (Å²) < 4.78 is 25.3. The minimum atomic E-state index is -0.252. The monoisotopic (exact) mass is 428 g/mol. The Bertz CT molecular complexity index is 1310. The Morgan fingerprint density at radius 2 is 1.97 bits per heavy atom. The van der Waals surface area contributed by atoms with Crippen molar-refractivity contribution in [1.82, 2.24) is 9.88 Å². The van der Waals surface area contributed by atoms with Gasteiger partial charge in [-0.25, -0.2) is 4.39 Å². The largest absolute Gasteiger partial charge is 0.493 e. The van der Waals surface area contributed by atoms with Crippen molar-refractivity contribution in [3.8, 4) is 11.5 Å². The molecule has 0 amide bonds. The second kappa shape index (κ2) is 7.68. The van der Waals surface area contributed by atoms with Crippen LogP contribution in [0.3, 0.4) is 0 Å². The lowest BCUT2D eigenvalue weighted by atomic mass is 9.85. The van der Waals surface area contributed by atoms with Gasteiger partial charge in [-0.3, -0.25) is 4.90 Å².